The smallest absolute Gasteiger partial charge is 0.313 e. The average molecular weight is 418 g/mol. The fraction of sp³-hybridized carbons (Fsp3) is 0.333. The third-order valence-corrected chi connectivity index (χ3v) is 5.12. The van der Waals surface area contributed by atoms with Crippen LogP contribution in [-0.4, -0.2) is 31.9 Å². The lowest BCUT2D eigenvalue weighted by molar-refractivity contribution is -0.154. The number of carbonyl (C=O) groups excluding carboxylic acids is 2. The molecular formula is C21H20ClNO6. The van der Waals surface area contributed by atoms with Crippen LogP contribution in [0, 0.1) is 5.92 Å². The van der Waals surface area contributed by atoms with E-state index < -0.39 is 11.9 Å². The summed E-state index contributed by atoms with van der Waals surface area (Å²) in [5.41, 5.74) is 1.72. The molecule has 0 saturated carbocycles. The van der Waals surface area contributed by atoms with Gasteiger partial charge in [-0.25, -0.2) is 0 Å². The van der Waals surface area contributed by atoms with Gasteiger partial charge in [0.15, 0.2) is 18.1 Å². The maximum absolute atomic E-state index is 12.3. The number of ether oxygens (including phenoxy) is 4. The van der Waals surface area contributed by atoms with Crippen molar-refractivity contribution in [2.45, 2.75) is 19.4 Å². The summed E-state index contributed by atoms with van der Waals surface area (Å²) in [6.07, 6.45) is 0.462. The molecule has 0 unspecified atom stereocenters. The van der Waals surface area contributed by atoms with Crippen molar-refractivity contribution in [1.29, 1.82) is 0 Å². The van der Waals surface area contributed by atoms with Crippen molar-refractivity contribution in [3.05, 3.63) is 52.5 Å². The first-order valence-corrected chi connectivity index (χ1v) is 9.64. The monoisotopic (exact) mass is 417 g/mol. The van der Waals surface area contributed by atoms with Crippen molar-refractivity contribution in [2.75, 3.05) is 20.0 Å². The van der Waals surface area contributed by atoms with Crippen LogP contribution < -0.4 is 19.5 Å². The van der Waals surface area contributed by atoms with E-state index in [4.69, 9.17) is 30.5 Å². The summed E-state index contributed by atoms with van der Waals surface area (Å²) < 4.78 is 21.4. The van der Waals surface area contributed by atoms with Gasteiger partial charge in [-0.05, 0) is 54.8 Å². The molecular weight excluding hydrogens is 398 g/mol. The van der Waals surface area contributed by atoms with Gasteiger partial charge < -0.3 is 24.3 Å². The zero-order valence-electron chi connectivity index (χ0n) is 15.8. The minimum absolute atomic E-state index is 0.192. The predicted molar refractivity (Wildman–Crippen MR) is 104 cm³/mol. The van der Waals surface area contributed by atoms with Gasteiger partial charge in [0.05, 0.1) is 12.0 Å². The minimum atomic E-state index is -0.472. The van der Waals surface area contributed by atoms with Crippen LogP contribution in [0.25, 0.3) is 0 Å². The molecule has 2 atom stereocenters. The van der Waals surface area contributed by atoms with Gasteiger partial charge in [0, 0.05) is 5.02 Å². The van der Waals surface area contributed by atoms with E-state index in [1.54, 1.807) is 24.3 Å². The van der Waals surface area contributed by atoms with Crippen LogP contribution in [0.4, 0.5) is 0 Å². The molecule has 0 aromatic heterocycles. The third-order valence-electron chi connectivity index (χ3n) is 4.88. The number of esters is 1. The minimum Gasteiger partial charge on any atom is -0.492 e. The molecule has 0 radical (unpaired) electrons. The highest BCUT2D eigenvalue weighted by molar-refractivity contribution is 6.30. The molecule has 7 nitrogen and oxygen atoms in total. The van der Waals surface area contributed by atoms with Gasteiger partial charge in [0.2, 0.25) is 6.79 Å². The van der Waals surface area contributed by atoms with Crippen LogP contribution in [-0.2, 0) is 20.7 Å². The van der Waals surface area contributed by atoms with E-state index in [2.05, 4.69) is 5.32 Å². The third kappa shape index (κ3) is 4.40. The maximum atomic E-state index is 12.3. The fourth-order valence-electron chi connectivity index (χ4n) is 3.32. The molecule has 2 aromatic rings. The quantitative estimate of drug-likeness (QED) is 0.753. The zero-order valence-corrected chi connectivity index (χ0v) is 16.5. The van der Waals surface area contributed by atoms with Gasteiger partial charge in [-0.1, -0.05) is 17.7 Å². The summed E-state index contributed by atoms with van der Waals surface area (Å²) in [6.45, 7) is 1.89. The van der Waals surface area contributed by atoms with Gasteiger partial charge in [-0.3, -0.25) is 9.59 Å². The van der Waals surface area contributed by atoms with E-state index in [9.17, 15) is 9.59 Å². The summed E-state index contributed by atoms with van der Waals surface area (Å²) >= 11 is 6.00. The number of halogens is 1. The van der Waals surface area contributed by atoms with E-state index in [0.717, 1.165) is 11.1 Å². The summed E-state index contributed by atoms with van der Waals surface area (Å²) in [4.78, 5) is 24.5. The number of fused-ring (bicyclic) bond motifs is 2. The fourth-order valence-corrected chi connectivity index (χ4v) is 3.51. The largest absolute Gasteiger partial charge is 0.492 e. The average Bonchev–Trinajstić information content (AvgIpc) is 3.19. The summed E-state index contributed by atoms with van der Waals surface area (Å²) in [6, 6.07) is 10.5. The lowest BCUT2D eigenvalue weighted by Crippen LogP contribution is -2.34. The Kier molecular flexibility index (Phi) is 5.49. The van der Waals surface area contributed by atoms with Gasteiger partial charge in [0.1, 0.15) is 12.4 Å². The Morgan fingerprint density at radius 3 is 2.79 bits per heavy atom. The van der Waals surface area contributed by atoms with Gasteiger partial charge >= 0.3 is 5.97 Å². The molecule has 2 heterocycles. The topological polar surface area (TPSA) is 83.1 Å². The lowest BCUT2D eigenvalue weighted by Gasteiger charge is -2.24. The molecule has 0 saturated heterocycles. The van der Waals surface area contributed by atoms with Crippen LogP contribution in [0.15, 0.2) is 36.4 Å². The van der Waals surface area contributed by atoms with Crippen molar-refractivity contribution in [3.8, 4) is 17.2 Å². The Hall–Kier alpha value is -2.93. The van der Waals surface area contributed by atoms with Crippen LogP contribution in [0.2, 0.25) is 5.02 Å². The first-order chi connectivity index (χ1) is 14.0. The molecule has 1 N–H and O–H groups in total. The highest BCUT2D eigenvalue weighted by Crippen LogP contribution is 2.34. The number of hydrogen-bond donors (Lipinski definition) is 1. The van der Waals surface area contributed by atoms with Gasteiger partial charge in [-0.2, -0.15) is 0 Å². The molecule has 2 aliphatic rings. The van der Waals surface area contributed by atoms with Gasteiger partial charge in [0.25, 0.3) is 5.91 Å². The molecule has 29 heavy (non-hydrogen) atoms. The standard InChI is InChI=1S/C21H20ClNO6/c1-12(13-2-4-18-19(8-13)29-11-28-18)23-20(24)10-27-21(25)15-6-14-7-16(22)3-5-17(14)26-9-15/h2-5,7-8,12,15H,6,9-11H2,1H3,(H,23,24)/t12-,15-/m0/s1. The highest BCUT2D eigenvalue weighted by atomic mass is 35.5. The van der Waals surface area contributed by atoms with E-state index in [-0.39, 0.29) is 32.0 Å². The summed E-state index contributed by atoms with van der Waals surface area (Å²) in [5.74, 6) is 0.713. The number of benzene rings is 2. The molecule has 1 amide bonds. The number of rotatable bonds is 5. The summed E-state index contributed by atoms with van der Waals surface area (Å²) in [5, 5.41) is 3.39. The van der Waals surface area contributed by atoms with Crippen LogP contribution in [0.5, 0.6) is 17.2 Å². The Balaban J connectivity index is 1.27. The molecule has 2 aromatic carbocycles. The molecule has 0 bridgehead atoms. The second kappa shape index (κ2) is 8.21. The van der Waals surface area contributed by atoms with Crippen molar-refractivity contribution in [1.82, 2.24) is 5.32 Å². The number of amides is 1. The second-order valence-electron chi connectivity index (χ2n) is 6.97. The van der Waals surface area contributed by atoms with E-state index in [1.165, 1.54) is 0 Å². The lowest BCUT2D eigenvalue weighted by atomic mass is 9.97. The Morgan fingerprint density at radius 1 is 1.14 bits per heavy atom. The Morgan fingerprint density at radius 2 is 1.93 bits per heavy atom. The molecule has 152 valence electrons. The van der Waals surface area contributed by atoms with E-state index >= 15 is 0 Å². The molecule has 8 heteroatoms. The van der Waals surface area contributed by atoms with Crippen molar-refractivity contribution in [2.24, 2.45) is 5.92 Å². The Labute approximate surface area is 172 Å². The number of hydrogen-bond acceptors (Lipinski definition) is 6. The molecule has 2 aliphatic heterocycles. The normalized spacial score (nSPS) is 17.7. The van der Waals surface area contributed by atoms with Gasteiger partial charge in [-0.15, -0.1) is 0 Å². The van der Waals surface area contributed by atoms with E-state index in [1.807, 2.05) is 19.1 Å². The van der Waals surface area contributed by atoms with Crippen LogP contribution in [0.3, 0.4) is 0 Å². The molecule has 0 aliphatic carbocycles. The van der Waals surface area contributed by atoms with Crippen LogP contribution in [0.1, 0.15) is 24.1 Å². The van der Waals surface area contributed by atoms with Crippen molar-refractivity contribution in [3.63, 3.8) is 0 Å². The summed E-state index contributed by atoms with van der Waals surface area (Å²) in [7, 11) is 0. The number of carbonyl (C=O) groups is 2. The predicted octanol–water partition coefficient (Wildman–Crippen LogP) is 3.04. The molecule has 0 fully saturated rings. The van der Waals surface area contributed by atoms with Crippen molar-refractivity contribution < 1.29 is 28.5 Å². The first-order valence-electron chi connectivity index (χ1n) is 9.26. The van der Waals surface area contributed by atoms with Crippen LogP contribution >= 0.6 is 11.6 Å². The molecule has 0 spiro atoms. The maximum Gasteiger partial charge on any atom is 0.313 e. The second-order valence-corrected chi connectivity index (χ2v) is 7.41. The van der Waals surface area contributed by atoms with E-state index in [0.29, 0.717) is 28.7 Å². The number of nitrogens with one attached hydrogen (secondary N) is 1. The zero-order chi connectivity index (χ0) is 20.4. The Bertz CT molecular complexity index is 947. The highest BCUT2D eigenvalue weighted by Gasteiger charge is 2.28. The van der Waals surface area contributed by atoms with Crippen molar-refractivity contribution >= 4 is 23.5 Å². The SMILES string of the molecule is C[C@H](NC(=O)COC(=O)[C@@H]1COc2ccc(Cl)cc2C1)c1ccc2c(c1)OCO2. The molecule has 4 rings (SSSR count). The first kappa shape index (κ1) is 19.4.